The standard InChI is InChI=1S/C10H14FNO2/c1-3-9(14-2)10(13)7-4-8(11)6-12-5-7/h4-6,9-10,13H,3H2,1-2H3. The Kier molecular flexibility index (Phi) is 3.98. The van der Waals surface area contributed by atoms with E-state index in [1.165, 1.54) is 19.4 Å². The summed E-state index contributed by atoms with van der Waals surface area (Å²) in [6, 6.07) is 1.26. The fraction of sp³-hybridized carbons (Fsp3) is 0.500. The lowest BCUT2D eigenvalue weighted by Crippen LogP contribution is -2.20. The molecule has 1 aromatic rings. The first-order valence-electron chi connectivity index (χ1n) is 4.50. The number of aliphatic hydroxyl groups is 1. The quantitative estimate of drug-likeness (QED) is 0.802. The molecule has 2 unspecified atom stereocenters. The lowest BCUT2D eigenvalue weighted by atomic mass is 10.0. The molecule has 3 nitrogen and oxygen atoms in total. The predicted octanol–water partition coefficient (Wildman–Crippen LogP) is 1.68. The van der Waals surface area contributed by atoms with Gasteiger partial charge in [-0.05, 0) is 12.5 Å². The first kappa shape index (κ1) is 11.1. The van der Waals surface area contributed by atoms with E-state index in [0.717, 1.165) is 6.20 Å². The van der Waals surface area contributed by atoms with Gasteiger partial charge in [-0.25, -0.2) is 4.39 Å². The van der Waals surface area contributed by atoms with Gasteiger partial charge < -0.3 is 9.84 Å². The van der Waals surface area contributed by atoms with Crippen molar-refractivity contribution in [1.82, 2.24) is 4.98 Å². The number of rotatable bonds is 4. The Hall–Kier alpha value is -1.00. The van der Waals surface area contributed by atoms with Crippen molar-refractivity contribution < 1.29 is 14.2 Å². The van der Waals surface area contributed by atoms with Crippen LogP contribution in [0.2, 0.25) is 0 Å². The van der Waals surface area contributed by atoms with Crippen LogP contribution in [0.1, 0.15) is 25.0 Å². The van der Waals surface area contributed by atoms with Crippen LogP contribution in [0.25, 0.3) is 0 Å². The molecule has 2 atom stereocenters. The molecule has 78 valence electrons. The monoisotopic (exact) mass is 199 g/mol. The Morgan fingerprint density at radius 1 is 1.57 bits per heavy atom. The lowest BCUT2D eigenvalue weighted by molar-refractivity contribution is -0.0151. The van der Waals surface area contributed by atoms with E-state index in [2.05, 4.69) is 4.98 Å². The summed E-state index contributed by atoms with van der Waals surface area (Å²) < 4.78 is 17.8. The third-order valence-corrected chi connectivity index (χ3v) is 2.12. The molecular formula is C10H14FNO2. The van der Waals surface area contributed by atoms with E-state index in [0.29, 0.717) is 12.0 Å². The smallest absolute Gasteiger partial charge is 0.141 e. The van der Waals surface area contributed by atoms with E-state index >= 15 is 0 Å². The molecule has 0 spiro atoms. The van der Waals surface area contributed by atoms with Crippen LogP contribution in [-0.2, 0) is 4.74 Å². The average molecular weight is 199 g/mol. The lowest BCUT2D eigenvalue weighted by Gasteiger charge is -2.19. The molecule has 1 rings (SSSR count). The van der Waals surface area contributed by atoms with Crippen LogP contribution in [0, 0.1) is 5.82 Å². The highest BCUT2D eigenvalue weighted by molar-refractivity contribution is 5.14. The fourth-order valence-electron chi connectivity index (χ4n) is 1.32. The van der Waals surface area contributed by atoms with Gasteiger partial charge in [-0.3, -0.25) is 4.98 Å². The van der Waals surface area contributed by atoms with Gasteiger partial charge in [-0.15, -0.1) is 0 Å². The van der Waals surface area contributed by atoms with Gasteiger partial charge in [-0.1, -0.05) is 6.92 Å². The molecule has 0 aliphatic heterocycles. The van der Waals surface area contributed by atoms with Crippen molar-refractivity contribution >= 4 is 0 Å². The molecule has 1 N–H and O–H groups in total. The predicted molar refractivity (Wildman–Crippen MR) is 50.2 cm³/mol. The van der Waals surface area contributed by atoms with Crippen LogP contribution < -0.4 is 0 Å². The zero-order valence-electron chi connectivity index (χ0n) is 8.27. The second kappa shape index (κ2) is 5.02. The van der Waals surface area contributed by atoms with Crippen LogP contribution in [-0.4, -0.2) is 23.3 Å². The summed E-state index contributed by atoms with van der Waals surface area (Å²) in [6.07, 6.45) is 2.06. The van der Waals surface area contributed by atoms with Gasteiger partial charge >= 0.3 is 0 Å². The van der Waals surface area contributed by atoms with Gasteiger partial charge in [0.25, 0.3) is 0 Å². The maximum atomic E-state index is 12.8. The minimum Gasteiger partial charge on any atom is -0.386 e. The Morgan fingerprint density at radius 2 is 2.29 bits per heavy atom. The zero-order chi connectivity index (χ0) is 10.6. The zero-order valence-corrected chi connectivity index (χ0v) is 8.27. The maximum Gasteiger partial charge on any atom is 0.141 e. The normalized spacial score (nSPS) is 15.1. The molecule has 0 fully saturated rings. The number of ether oxygens (including phenoxy) is 1. The van der Waals surface area contributed by atoms with E-state index in [-0.39, 0.29) is 6.10 Å². The maximum absolute atomic E-state index is 12.8. The van der Waals surface area contributed by atoms with Crippen LogP contribution in [0.5, 0.6) is 0 Å². The highest BCUT2D eigenvalue weighted by Crippen LogP contribution is 2.20. The number of halogens is 1. The van der Waals surface area contributed by atoms with Gasteiger partial charge in [0.05, 0.1) is 12.3 Å². The molecule has 1 heterocycles. The Morgan fingerprint density at radius 3 is 2.79 bits per heavy atom. The molecule has 0 aromatic carbocycles. The van der Waals surface area contributed by atoms with Crippen LogP contribution in [0.4, 0.5) is 4.39 Å². The van der Waals surface area contributed by atoms with Crippen molar-refractivity contribution in [3.05, 3.63) is 29.8 Å². The Balaban J connectivity index is 2.82. The molecule has 0 radical (unpaired) electrons. The van der Waals surface area contributed by atoms with E-state index < -0.39 is 11.9 Å². The average Bonchev–Trinajstić information content (AvgIpc) is 2.19. The van der Waals surface area contributed by atoms with Crippen molar-refractivity contribution in [2.45, 2.75) is 25.6 Å². The molecule has 14 heavy (non-hydrogen) atoms. The minimum atomic E-state index is -0.826. The van der Waals surface area contributed by atoms with Gasteiger partial charge in [0.2, 0.25) is 0 Å². The molecule has 0 amide bonds. The molecule has 4 heteroatoms. The molecule has 0 aliphatic carbocycles. The van der Waals surface area contributed by atoms with Crippen molar-refractivity contribution in [1.29, 1.82) is 0 Å². The third-order valence-electron chi connectivity index (χ3n) is 2.12. The first-order valence-corrected chi connectivity index (χ1v) is 4.50. The molecule has 1 aromatic heterocycles. The number of methoxy groups -OCH3 is 1. The number of hydrogen-bond donors (Lipinski definition) is 1. The summed E-state index contributed by atoms with van der Waals surface area (Å²) in [7, 11) is 1.52. The summed E-state index contributed by atoms with van der Waals surface area (Å²) in [5.41, 5.74) is 0.443. The van der Waals surface area contributed by atoms with Crippen molar-refractivity contribution in [3.63, 3.8) is 0 Å². The molecule has 0 saturated heterocycles. The highest BCUT2D eigenvalue weighted by atomic mass is 19.1. The van der Waals surface area contributed by atoms with Crippen molar-refractivity contribution in [2.24, 2.45) is 0 Å². The summed E-state index contributed by atoms with van der Waals surface area (Å²) in [4.78, 5) is 3.67. The van der Waals surface area contributed by atoms with E-state index in [4.69, 9.17) is 4.74 Å². The van der Waals surface area contributed by atoms with E-state index in [1.807, 2.05) is 6.92 Å². The Labute approximate surface area is 82.5 Å². The van der Waals surface area contributed by atoms with E-state index in [1.54, 1.807) is 0 Å². The second-order valence-corrected chi connectivity index (χ2v) is 3.06. The van der Waals surface area contributed by atoms with Crippen LogP contribution >= 0.6 is 0 Å². The topological polar surface area (TPSA) is 42.4 Å². The SMILES string of the molecule is CCC(OC)C(O)c1cncc(F)c1. The molecule has 0 aliphatic rings. The van der Waals surface area contributed by atoms with Gasteiger partial charge in [-0.2, -0.15) is 0 Å². The third kappa shape index (κ3) is 2.49. The molecule has 0 bridgehead atoms. The van der Waals surface area contributed by atoms with Crippen LogP contribution in [0.15, 0.2) is 18.5 Å². The Bertz CT molecular complexity index is 289. The molecular weight excluding hydrogens is 185 g/mol. The highest BCUT2D eigenvalue weighted by Gasteiger charge is 2.19. The molecule has 0 saturated carbocycles. The van der Waals surface area contributed by atoms with Crippen LogP contribution in [0.3, 0.4) is 0 Å². The number of pyridine rings is 1. The number of hydrogen-bond acceptors (Lipinski definition) is 3. The summed E-state index contributed by atoms with van der Waals surface area (Å²) in [5.74, 6) is -0.451. The van der Waals surface area contributed by atoms with Gasteiger partial charge in [0.15, 0.2) is 0 Å². The van der Waals surface area contributed by atoms with Crippen molar-refractivity contribution in [3.8, 4) is 0 Å². The van der Waals surface area contributed by atoms with E-state index in [9.17, 15) is 9.50 Å². The second-order valence-electron chi connectivity index (χ2n) is 3.06. The van der Waals surface area contributed by atoms with Gasteiger partial charge in [0, 0.05) is 18.9 Å². The fourth-order valence-corrected chi connectivity index (χ4v) is 1.32. The summed E-state index contributed by atoms with van der Waals surface area (Å²) in [6.45, 7) is 1.89. The van der Waals surface area contributed by atoms with Crippen molar-refractivity contribution in [2.75, 3.05) is 7.11 Å². The first-order chi connectivity index (χ1) is 6.69. The largest absolute Gasteiger partial charge is 0.386 e. The number of aliphatic hydroxyl groups excluding tert-OH is 1. The number of nitrogens with zero attached hydrogens (tertiary/aromatic N) is 1. The number of aromatic nitrogens is 1. The van der Waals surface area contributed by atoms with Gasteiger partial charge in [0.1, 0.15) is 11.9 Å². The summed E-state index contributed by atoms with van der Waals surface area (Å²) >= 11 is 0. The minimum absolute atomic E-state index is 0.321. The summed E-state index contributed by atoms with van der Waals surface area (Å²) in [5, 5.41) is 9.77.